The molecule has 2 heterocycles. The highest BCUT2D eigenvalue weighted by Crippen LogP contribution is 2.30. The van der Waals surface area contributed by atoms with E-state index in [1.54, 1.807) is 6.20 Å². The van der Waals surface area contributed by atoms with Gasteiger partial charge in [0, 0.05) is 12.1 Å². The van der Waals surface area contributed by atoms with Gasteiger partial charge in [0.25, 0.3) is 0 Å². The number of aromatic nitrogens is 1. The molecule has 0 bridgehead atoms. The van der Waals surface area contributed by atoms with Crippen molar-refractivity contribution in [3.63, 3.8) is 0 Å². The minimum atomic E-state index is -0.740. The van der Waals surface area contributed by atoms with Gasteiger partial charge in [-0.25, -0.2) is 0 Å². The molecule has 1 aromatic rings. The van der Waals surface area contributed by atoms with Gasteiger partial charge in [-0.1, -0.05) is 5.16 Å². The topological polar surface area (TPSA) is 75.4 Å². The molecule has 15 heavy (non-hydrogen) atoms. The van der Waals surface area contributed by atoms with E-state index in [9.17, 15) is 9.90 Å². The Bertz CT molecular complexity index is 328. The molecule has 1 saturated heterocycles. The summed E-state index contributed by atoms with van der Waals surface area (Å²) < 4.78 is 4.72. The lowest BCUT2D eigenvalue weighted by molar-refractivity contribution is -0.150. The number of nitrogens with zero attached hydrogens (tertiary/aromatic N) is 1. The Kier molecular flexibility index (Phi) is 2.73. The van der Waals surface area contributed by atoms with E-state index in [-0.39, 0.29) is 0 Å². The lowest BCUT2D eigenvalue weighted by Gasteiger charge is -2.33. The van der Waals surface area contributed by atoms with Gasteiger partial charge in [-0.15, -0.1) is 0 Å². The quantitative estimate of drug-likeness (QED) is 0.767. The SMILES string of the molecule is O=C(O)C1(Cc2cnoc2)CCCNC1. The number of rotatable bonds is 3. The second-order valence-corrected chi connectivity index (χ2v) is 4.08. The first-order chi connectivity index (χ1) is 7.23. The Hall–Kier alpha value is -1.36. The highest BCUT2D eigenvalue weighted by molar-refractivity contribution is 5.75. The monoisotopic (exact) mass is 210 g/mol. The smallest absolute Gasteiger partial charge is 0.311 e. The van der Waals surface area contributed by atoms with Crippen LogP contribution in [0, 0.1) is 5.41 Å². The summed E-state index contributed by atoms with van der Waals surface area (Å²) in [6.45, 7) is 1.42. The molecule has 1 unspecified atom stereocenters. The number of carboxylic acid groups (broad SMARTS) is 1. The zero-order chi connectivity index (χ0) is 10.7. The Morgan fingerprint density at radius 2 is 2.60 bits per heavy atom. The van der Waals surface area contributed by atoms with Gasteiger partial charge in [0.15, 0.2) is 0 Å². The Labute approximate surface area is 87.5 Å². The summed E-state index contributed by atoms with van der Waals surface area (Å²) in [6.07, 6.45) is 5.19. The first-order valence-electron chi connectivity index (χ1n) is 5.05. The lowest BCUT2D eigenvalue weighted by atomic mass is 9.76. The van der Waals surface area contributed by atoms with E-state index in [1.165, 1.54) is 6.26 Å². The fourth-order valence-corrected chi connectivity index (χ4v) is 2.08. The highest BCUT2D eigenvalue weighted by Gasteiger charge is 2.40. The predicted octanol–water partition coefficient (Wildman–Crippen LogP) is 0.671. The predicted molar refractivity (Wildman–Crippen MR) is 52.4 cm³/mol. The Morgan fingerprint density at radius 1 is 1.73 bits per heavy atom. The summed E-state index contributed by atoms with van der Waals surface area (Å²) in [4.78, 5) is 11.3. The molecule has 5 nitrogen and oxygen atoms in total. The van der Waals surface area contributed by atoms with Crippen LogP contribution in [0.5, 0.6) is 0 Å². The number of nitrogens with one attached hydrogen (secondary N) is 1. The van der Waals surface area contributed by atoms with Crippen molar-refractivity contribution >= 4 is 5.97 Å². The second-order valence-electron chi connectivity index (χ2n) is 4.08. The Balaban J connectivity index is 2.15. The number of aliphatic carboxylic acids is 1. The summed E-state index contributed by atoms with van der Waals surface area (Å²) in [7, 11) is 0. The summed E-state index contributed by atoms with van der Waals surface area (Å²) in [5.41, 5.74) is 0.158. The minimum Gasteiger partial charge on any atom is -0.481 e. The van der Waals surface area contributed by atoms with Crippen LogP contribution in [0.25, 0.3) is 0 Å². The molecule has 0 amide bonds. The van der Waals surface area contributed by atoms with E-state index in [2.05, 4.69) is 10.5 Å². The average molecular weight is 210 g/mol. The van der Waals surface area contributed by atoms with Crippen molar-refractivity contribution in [3.8, 4) is 0 Å². The van der Waals surface area contributed by atoms with E-state index >= 15 is 0 Å². The van der Waals surface area contributed by atoms with Crippen LogP contribution < -0.4 is 5.32 Å². The van der Waals surface area contributed by atoms with Crippen molar-refractivity contribution in [3.05, 3.63) is 18.0 Å². The molecular formula is C10H14N2O3. The Morgan fingerprint density at radius 3 is 3.13 bits per heavy atom. The van der Waals surface area contributed by atoms with Gasteiger partial charge in [-0.3, -0.25) is 4.79 Å². The molecule has 0 aromatic carbocycles. The van der Waals surface area contributed by atoms with Gasteiger partial charge in [-0.2, -0.15) is 0 Å². The third kappa shape index (κ3) is 2.02. The van der Waals surface area contributed by atoms with Crippen LogP contribution in [0.4, 0.5) is 0 Å². The third-order valence-electron chi connectivity index (χ3n) is 2.95. The number of carbonyl (C=O) groups is 1. The molecule has 1 fully saturated rings. The summed E-state index contributed by atoms with van der Waals surface area (Å²) in [5, 5.41) is 16.0. The van der Waals surface area contributed by atoms with E-state index in [0.29, 0.717) is 19.4 Å². The van der Waals surface area contributed by atoms with E-state index < -0.39 is 11.4 Å². The maximum atomic E-state index is 11.3. The molecule has 1 atom stereocenters. The molecule has 2 N–H and O–H groups in total. The van der Waals surface area contributed by atoms with Crippen molar-refractivity contribution in [1.82, 2.24) is 10.5 Å². The first-order valence-corrected chi connectivity index (χ1v) is 5.05. The number of piperidine rings is 1. The van der Waals surface area contributed by atoms with Crippen LogP contribution in [-0.4, -0.2) is 29.3 Å². The van der Waals surface area contributed by atoms with Crippen LogP contribution in [-0.2, 0) is 11.2 Å². The van der Waals surface area contributed by atoms with Crippen LogP contribution in [0.2, 0.25) is 0 Å². The second kappa shape index (κ2) is 4.02. The molecule has 1 aliphatic heterocycles. The molecular weight excluding hydrogens is 196 g/mol. The van der Waals surface area contributed by atoms with Gasteiger partial charge in [0.2, 0.25) is 0 Å². The van der Waals surface area contributed by atoms with Gasteiger partial charge < -0.3 is 14.9 Å². The lowest BCUT2D eigenvalue weighted by Crippen LogP contribution is -2.46. The molecule has 82 valence electrons. The molecule has 0 saturated carbocycles. The maximum absolute atomic E-state index is 11.3. The highest BCUT2D eigenvalue weighted by atomic mass is 16.5. The molecule has 0 aliphatic carbocycles. The van der Waals surface area contributed by atoms with Gasteiger partial charge in [0.1, 0.15) is 6.26 Å². The zero-order valence-electron chi connectivity index (χ0n) is 8.40. The third-order valence-corrected chi connectivity index (χ3v) is 2.95. The number of hydrogen-bond donors (Lipinski definition) is 2. The number of carboxylic acids is 1. The molecule has 0 radical (unpaired) electrons. The molecule has 1 aliphatic rings. The fraction of sp³-hybridized carbons (Fsp3) is 0.600. The maximum Gasteiger partial charge on any atom is 0.311 e. The normalized spacial score (nSPS) is 26.4. The molecule has 1 aromatic heterocycles. The van der Waals surface area contributed by atoms with Crippen LogP contribution >= 0.6 is 0 Å². The molecule has 5 heteroatoms. The summed E-state index contributed by atoms with van der Waals surface area (Å²) in [6, 6.07) is 0. The van der Waals surface area contributed by atoms with Gasteiger partial charge in [0.05, 0.1) is 11.6 Å². The van der Waals surface area contributed by atoms with E-state index in [1.807, 2.05) is 0 Å². The van der Waals surface area contributed by atoms with Crippen molar-refractivity contribution in [2.75, 3.05) is 13.1 Å². The van der Waals surface area contributed by atoms with Crippen molar-refractivity contribution < 1.29 is 14.4 Å². The van der Waals surface area contributed by atoms with Crippen molar-refractivity contribution in [2.24, 2.45) is 5.41 Å². The largest absolute Gasteiger partial charge is 0.481 e. The molecule has 2 rings (SSSR count). The van der Waals surface area contributed by atoms with Crippen LogP contribution in [0.3, 0.4) is 0 Å². The summed E-state index contributed by atoms with van der Waals surface area (Å²) in [5.74, 6) is -0.740. The fourth-order valence-electron chi connectivity index (χ4n) is 2.08. The zero-order valence-corrected chi connectivity index (χ0v) is 8.40. The molecule has 0 spiro atoms. The number of hydrogen-bond acceptors (Lipinski definition) is 4. The minimum absolute atomic E-state index is 0.485. The van der Waals surface area contributed by atoms with Gasteiger partial charge >= 0.3 is 5.97 Å². The van der Waals surface area contributed by atoms with Crippen molar-refractivity contribution in [1.29, 1.82) is 0 Å². The van der Waals surface area contributed by atoms with Crippen molar-refractivity contribution in [2.45, 2.75) is 19.3 Å². The standard InChI is InChI=1S/C10H14N2O3/c13-9(14)10(2-1-3-11-7-10)4-8-5-12-15-6-8/h5-6,11H,1-4,7H2,(H,13,14). The van der Waals surface area contributed by atoms with Crippen LogP contribution in [0.1, 0.15) is 18.4 Å². The van der Waals surface area contributed by atoms with E-state index in [0.717, 1.165) is 18.5 Å². The van der Waals surface area contributed by atoms with E-state index in [4.69, 9.17) is 4.52 Å². The average Bonchev–Trinajstić information content (AvgIpc) is 2.71. The van der Waals surface area contributed by atoms with Crippen LogP contribution in [0.15, 0.2) is 17.0 Å². The first kappa shape index (κ1) is 10.2. The van der Waals surface area contributed by atoms with Gasteiger partial charge in [-0.05, 0) is 25.8 Å². The summed E-state index contributed by atoms with van der Waals surface area (Å²) >= 11 is 0.